The second-order valence-electron chi connectivity index (χ2n) is 6.35. The Morgan fingerprint density at radius 2 is 1.80 bits per heavy atom. The molecule has 2 fully saturated rings. The van der Waals surface area contributed by atoms with E-state index in [1.54, 1.807) is 15.7 Å². The molecule has 0 aromatic rings. The number of piperidine rings is 1. The van der Waals surface area contributed by atoms with Gasteiger partial charge in [0.2, 0.25) is 0 Å². The number of rotatable bonds is 4. The highest BCUT2D eigenvalue weighted by molar-refractivity contribution is 7.86. The van der Waals surface area contributed by atoms with Crippen LogP contribution in [0.3, 0.4) is 0 Å². The Bertz CT molecular complexity index is 407. The van der Waals surface area contributed by atoms with Crippen molar-refractivity contribution in [3.05, 3.63) is 0 Å². The minimum Gasteiger partial charge on any atom is -0.329 e. The summed E-state index contributed by atoms with van der Waals surface area (Å²) < 4.78 is 29.1. The summed E-state index contributed by atoms with van der Waals surface area (Å²) in [5.74, 6) is 0.350. The molecule has 6 heteroatoms. The molecule has 1 aliphatic carbocycles. The minimum atomic E-state index is -3.37. The Morgan fingerprint density at radius 1 is 1.15 bits per heavy atom. The molecule has 0 spiro atoms. The van der Waals surface area contributed by atoms with E-state index in [4.69, 9.17) is 5.73 Å². The molecule has 20 heavy (non-hydrogen) atoms. The lowest BCUT2D eigenvalue weighted by Gasteiger charge is -2.42. The van der Waals surface area contributed by atoms with Crippen LogP contribution in [0.5, 0.6) is 0 Å². The van der Waals surface area contributed by atoms with Crippen LogP contribution < -0.4 is 5.73 Å². The monoisotopic (exact) mass is 303 g/mol. The van der Waals surface area contributed by atoms with Gasteiger partial charge in [-0.2, -0.15) is 17.0 Å². The molecule has 1 aliphatic heterocycles. The van der Waals surface area contributed by atoms with Crippen molar-refractivity contribution in [2.24, 2.45) is 11.7 Å². The van der Waals surface area contributed by atoms with Crippen LogP contribution in [-0.4, -0.2) is 49.2 Å². The molecule has 5 nitrogen and oxygen atoms in total. The van der Waals surface area contributed by atoms with Gasteiger partial charge in [-0.25, -0.2) is 0 Å². The summed E-state index contributed by atoms with van der Waals surface area (Å²) in [6, 6.07) is 0.129. The third-order valence-electron chi connectivity index (χ3n) is 5.06. The van der Waals surface area contributed by atoms with Crippen molar-refractivity contribution in [2.75, 3.05) is 20.1 Å². The lowest BCUT2D eigenvalue weighted by Crippen LogP contribution is -2.56. The van der Waals surface area contributed by atoms with Crippen molar-refractivity contribution in [1.82, 2.24) is 8.61 Å². The standard InChI is InChI=1S/C14H29N3O2S/c1-12-7-6-10-17(14(12)11-15)20(18,19)16(2)13-8-4-3-5-9-13/h12-14H,3-11,15H2,1-2H3. The third-order valence-corrected chi connectivity index (χ3v) is 7.13. The Hall–Kier alpha value is -0.170. The first-order valence-electron chi connectivity index (χ1n) is 7.93. The molecule has 1 saturated carbocycles. The van der Waals surface area contributed by atoms with E-state index in [2.05, 4.69) is 6.92 Å². The van der Waals surface area contributed by atoms with Crippen LogP contribution in [0, 0.1) is 5.92 Å². The molecule has 1 heterocycles. The molecule has 2 N–H and O–H groups in total. The van der Waals surface area contributed by atoms with Gasteiger partial charge < -0.3 is 5.73 Å². The van der Waals surface area contributed by atoms with Crippen LogP contribution in [0.2, 0.25) is 0 Å². The van der Waals surface area contributed by atoms with Crippen molar-refractivity contribution in [2.45, 2.75) is 64.0 Å². The molecule has 2 aliphatic rings. The molecule has 0 aromatic carbocycles. The fourth-order valence-electron chi connectivity index (χ4n) is 3.65. The van der Waals surface area contributed by atoms with Gasteiger partial charge in [-0.3, -0.25) is 0 Å². The van der Waals surface area contributed by atoms with E-state index in [9.17, 15) is 8.42 Å². The van der Waals surface area contributed by atoms with Crippen molar-refractivity contribution < 1.29 is 8.42 Å². The summed E-state index contributed by atoms with van der Waals surface area (Å²) in [4.78, 5) is 0. The average molecular weight is 303 g/mol. The molecule has 2 atom stereocenters. The highest BCUT2D eigenvalue weighted by Crippen LogP contribution is 2.30. The number of nitrogens with two attached hydrogens (primary N) is 1. The summed E-state index contributed by atoms with van der Waals surface area (Å²) in [7, 11) is -1.62. The number of nitrogens with zero attached hydrogens (tertiary/aromatic N) is 2. The molecular weight excluding hydrogens is 274 g/mol. The molecule has 118 valence electrons. The molecule has 0 amide bonds. The molecule has 0 radical (unpaired) electrons. The number of hydrogen-bond donors (Lipinski definition) is 1. The number of hydrogen-bond acceptors (Lipinski definition) is 3. The molecule has 2 unspecified atom stereocenters. The van der Waals surface area contributed by atoms with Crippen molar-refractivity contribution in [1.29, 1.82) is 0 Å². The van der Waals surface area contributed by atoms with E-state index < -0.39 is 10.2 Å². The zero-order chi connectivity index (χ0) is 14.8. The average Bonchev–Trinajstić information content (AvgIpc) is 2.47. The summed E-state index contributed by atoms with van der Waals surface area (Å²) >= 11 is 0. The molecule has 0 bridgehead atoms. The largest absolute Gasteiger partial charge is 0.329 e. The van der Waals surface area contributed by atoms with E-state index in [0.717, 1.165) is 38.5 Å². The van der Waals surface area contributed by atoms with Crippen LogP contribution in [0.25, 0.3) is 0 Å². The van der Waals surface area contributed by atoms with Gasteiger partial charge in [0.25, 0.3) is 10.2 Å². The van der Waals surface area contributed by atoms with Crippen molar-refractivity contribution in [3.63, 3.8) is 0 Å². The Morgan fingerprint density at radius 3 is 2.40 bits per heavy atom. The topological polar surface area (TPSA) is 66.6 Å². The molecular formula is C14H29N3O2S. The normalized spacial score (nSPS) is 30.8. The van der Waals surface area contributed by atoms with E-state index in [1.807, 2.05) is 0 Å². The highest BCUT2D eigenvalue weighted by atomic mass is 32.2. The second kappa shape index (κ2) is 6.73. The van der Waals surface area contributed by atoms with Crippen LogP contribution in [-0.2, 0) is 10.2 Å². The maximum atomic E-state index is 12.9. The Balaban J connectivity index is 2.14. The van der Waals surface area contributed by atoms with E-state index in [-0.39, 0.29) is 12.1 Å². The Kier molecular flexibility index (Phi) is 5.45. The first-order valence-corrected chi connectivity index (χ1v) is 9.33. The SMILES string of the molecule is CC1CCCN(S(=O)(=O)N(C)C2CCCCC2)C1CN. The molecule has 1 saturated heterocycles. The fraction of sp³-hybridized carbons (Fsp3) is 1.00. The lowest BCUT2D eigenvalue weighted by atomic mass is 9.93. The smallest absolute Gasteiger partial charge is 0.282 e. The lowest BCUT2D eigenvalue weighted by molar-refractivity contribution is 0.172. The van der Waals surface area contributed by atoms with Crippen LogP contribution in [0.4, 0.5) is 0 Å². The zero-order valence-electron chi connectivity index (χ0n) is 12.8. The van der Waals surface area contributed by atoms with Crippen LogP contribution in [0.15, 0.2) is 0 Å². The summed E-state index contributed by atoms with van der Waals surface area (Å²) in [6.45, 7) is 3.14. The van der Waals surface area contributed by atoms with Crippen molar-refractivity contribution >= 4 is 10.2 Å². The van der Waals surface area contributed by atoms with E-state index in [1.165, 1.54) is 6.42 Å². The Labute approximate surface area is 123 Å². The van der Waals surface area contributed by atoms with Gasteiger partial charge in [0.05, 0.1) is 0 Å². The molecule has 0 aromatic heterocycles. The summed E-state index contributed by atoms with van der Waals surface area (Å²) in [5.41, 5.74) is 5.83. The predicted octanol–water partition coefficient (Wildman–Crippen LogP) is 1.55. The highest BCUT2D eigenvalue weighted by Gasteiger charge is 2.39. The van der Waals surface area contributed by atoms with E-state index in [0.29, 0.717) is 19.0 Å². The first-order chi connectivity index (χ1) is 9.48. The van der Waals surface area contributed by atoms with Gasteiger partial charge in [0, 0.05) is 32.2 Å². The first kappa shape index (κ1) is 16.2. The van der Waals surface area contributed by atoms with Crippen molar-refractivity contribution in [3.8, 4) is 0 Å². The third kappa shape index (κ3) is 3.18. The van der Waals surface area contributed by atoms with Gasteiger partial charge in [-0.15, -0.1) is 0 Å². The van der Waals surface area contributed by atoms with E-state index >= 15 is 0 Å². The second-order valence-corrected chi connectivity index (χ2v) is 8.29. The van der Waals surface area contributed by atoms with Gasteiger partial charge >= 0.3 is 0 Å². The molecule has 2 rings (SSSR count). The fourth-order valence-corrected chi connectivity index (χ4v) is 5.56. The van der Waals surface area contributed by atoms with Gasteiger partial charge in [0.15, 0.2) is 0 Å². The quantitative estimate of drug-likeness (QED) is 0.857. The summed E-state index contributed by atoms with van der Waals surface area (Å²) in [5, 5.41) is 0. The zero-order valence-corrected chi connectivity index (χ0v) is 13.6. The van der Waals surface area contributed by atoms with Gasteiger partial charge in [0.1, 0.15) is 0 Å². The van der Waals surface area contributed by atoms with Gasteiger partial charge in [-0.1, -0.05) is 26.2 Å². The summed E-state index contributed by atoms with van der Waals surface area (Å²) in [6.07, 6.45) is 7.51. The maximum absolute atomic E-state index is 12.9. The maximum Gasteiger partial charge on any atom is 0.282 e. The van der Waals surface area contributed by atoms with Gasteiger partial charge in [-0.05, 0) is 31.6 Å². The van der Waals surface area contributed by atoms with Crippen LogP contribution >= 0.6 is 0 Å². The predicted molar refractivity (Wildman–Crippen MR) is 81.5 cm³/mol. The van der Waals surface area contributed by atoms with Crippen LogP contribution in [0.1, 0.15) is 51.9 Å². The minimum absolute atomic E-state index is 0.0419.